The smallest absolute Gasteiger partial charge is 0.138 e. The molecule has 0 N–H and O–H groups in total. The maximum absolute atomic E-state index is 5.99. The van der Waals surface area contributed by atoms with Gasteiger partial charge in [0.15, 0.2) is 0 Å². The minimum atomic E-state index is 0.603. The summed E-state index contributed by atoms with van der Waals surface area (Å²) in [5.41, 5.74) is 2.17. The third-order valence-electron chi connectivity index (χ3n) is 3.89. The van der Waals surface area contributed by atoms with E-state index in [9.17, 15) is 0 Å². The zero-order valence-electron chi connectivity index (χ0n) is 10.6. The van der Waals surface area contributed by atoms with Crippen LogP contribution in [0.4, 0.5) is 0 Å². The number of likely N-dealkylation sites (tertiary alicyclic amines) is 1. The topological polar surface area (TPSA) is 20.5 Å². The Kier molecular flexibility index (Phi) is 3.27. The third kappa shape index (κ3) is 2.25. The molecule has 1 aliphatic rings. The minimum absolute atomic E-state index is 0.603. The molecule has 0 amide bonds. The fourth-order valence-electron chi connectivity index (χ4n) is 2.72. The Balaban J connectivity index is 1.82. The van der Waals surface area contributed by atoms with Crippen molar-refractivity contribution < 1.29 is 0 Å². The van der Waals surface area contributed by atoms with Gasteiger partial charge < -0.3 is 9.30 Å². The van der Waals surface area contributed by atoms with Crippen molar-refractivity contribution in [2.24, 2.45) is 0 Å². The van der Waals surface area contributed by atoms with Crippen molar-refractivity contribution in [2.45, 2.75) is 25.7 Å². The summed E-state index contributed by atoms with van der Waals surface area (Å²) in [7, 11) is 0. The Morgan fingerprint density at radius 1 is 1.39 bits per heavy atom. The largest absolute Gasteiger partial charge is 0.307 e. The van der Waals surface area contributed by atoms with Crippen LogP contribution >= 0.6 is 11.6 Å². The summed E-state index contributed by atoms with van der Waals surface area (Å²) in [6.45, 7) is 5.77. The summed E-state index contributed by atoms with van der Waals surface area (Å²) in [4.78, 5) is 7.21. The van der Waals surface area contributed by atoms with E-state index in [-0.39, 0.29) is 0 Å². The first kappa shape index (κ1) is 12.0. The Labute approximate surface area is 112 Å². The van der Waals surface area contributed by atoms with E-state index >= 15 is 0 Å². The minimum Gasteiger partial charge on any atom is -0.307 e. The number of aromatic nitrogens is 2. The van der Waals surface area contributed by atoms with Crippen LogP contribution in [0, 0.1) is 0 Å². The van der Waals surface area contributed by atoms with Gasteiger partial charge in [-0.25, -0.2) is 4.98 Å². The molecule has 0 radical (unpaired) electrons. The molecule has 1 aliphatic heterocycles. The van der Waals surface area contributed by atoms with Gasteiger partial charge in [0, 0.05) is 23.3 Å². The molecule has 2 aromatic rings. The number of rotatable bonds is 2. The van der Waals surface area contributed by atoms with Crippen LogP contribution < -0.4 is 0 Å². The van der Waals surface area contributed by atoms with Gasteiger partial charge in [-0.05, 0) is 44.6 Å². The standard InChI is InChI=1S/C14H18ClN3/c1-2-17-6-3-11(4-7-17)13-10-18-8-5-12(15)9-14(18)16-13/h5,8-11H,2-4,6-7H2,1H3. The maximum atomic E-state index is 5.99. The van der Waals surface area contributed by atoms with Gasteiger partial charge >= 0.3 is 0 Å². The van der Waals surface area contributed by atoms with E-state index in [0.29, 0.717) is 5.92 Å². The Morgan fingerprint density at radius 3 is 2.89 bits per heavy atom. The highest BCUT2D eigenvalue weighted by Gasteiger charge is 2.21. The van der Waals surface area contributed by atoms with Crippen LogP contribution in [0.15, 0.2) is 24.5 Å². The van der Waals surface area contributed by atoms with Gasteiger partial charge in [-0.15, -0.1) is 0 Å². The van der Waals surface area contributed by atoms with Crippen molar-refractivity contribution in [3.63, 3.8) is 0 Å². The summed E-state index contributed by atoms with van der Waals surface area (Å²) in [5.74, 6) is 0.603. The van der Waals surface area contributed by atoms with E-state index in [0.717, 1.165) is 17.2 Å². The highest BCUT2D eigenvalue weighted by molar-refractivity contribution is 6.30. The summed E-state index contributed by atoms with van der Waals surface area (Å²) in [6.07, 6.45) is 6.56. The lowest BCUT2D eigenvalue weighted by atomic mass is 9.94. The molecule has 3 heterocycles. The lowest BCUT2D eigenvalue weighted by Crippen LogP contribution is -2.32. The van der Waals surface area contributed by atoms with Crippen molar-refractivity contribution in [3.05, 3.63) is 35.2 Å². The zero-order chi connectivity index (χ0) is 12.5. The lowest BCUT2D eigenvalue weighted by Gasteiger charge is -2.30. The van der Waals surface area contributed by atoms with Crippen LogP contribution in [0.2, 0.25) is 5.02 Å². The van der Waals surface area contributed by atoms with Crippen molar-refractivity contribution in [3.8, 4) is 0 Å². The molecule has 0 aliphatic carbocycles. The third-order valence-corrected chi connectivity index (χ3v) is 4.13. The normalized spacial score (nSPS) is 18.6. The number of piperidine rings is 1. The molecular weight excluding hydrogens is 246 g/mol. The zero-order valence-corrected chi connectivity index (χ0v) is 11.4. The molecule has 1 fully saturated rings. The molecule has 2 aromatic heterocycles. The van der Waals surface area contributed by atoms with Gasteiger partial charge in [0.1, 0.15) is 5.65 Å². The van der Waals surface area contributed by atoms with E-state index < -0.39 is 0 Å². The number of pyridine rings is 1. The highest BCUT2D eigenvalue weighted by Crippen LogP contribution is 2.27. The van der Waals surface area contributed by atoms with Crippen molar-refractivity contribution in [2.75, 3.05) is 19.6 Å². The summed E-state index contributed by atoms with van der Waals surface area (Å²) in [5, 5.41) is 0.750. The summed E-state index contributed by atoms with van der Waals surface area (Å²) >= 11 is 5.99. The van der Waals surface area contributed by atoms with E-state index in [1.165, 1.54) is 31.6 Å². The number of fused-ring (bicyclic) bond motifs is 1. The SMILES string of the molecule is CCN1CCC(c2cn3ccc(Cl)cc3n2)CC1. The number of hydrogen-bond acceptors (Lipinski definition) is 2. The van der Waals surface area contributed by atoms with Gasteiger partial charge in [-0.3, -0.25) is 0 Å². The van der Waals surface area contributed by atoms with Gasteiger partial charge in [0.05, 0.1) is 5.69 Å². The second kappa shape index (κ2) is 4.90. The average molecular weight is 264 g/mol. The van der Waals surface area contributed by atoms with Crippen molar-refractivity contribution >= 4 is 17.2 Å². The number of halogens is 1. The first-order chi connectivity index (χ1) is 8.76. The van der Waals surface area contributed by atoms with E-state index in [1.54, 1.807) is 0 Å². The molecule has 4 heteroatoms. The first-order valence-electron chi connectivity index (χ1n) is 6.63. The average Bonchev–Trinajstić information content (AvgIpc) is 2.81. The Morgan fingerprint density at radius 2 is 2.17 bits per heavy atom. The van der Waals surface area contributed by atoms with Gasteiger partial charge in [-0.2, -0.15) is 0 Å². The monoisotopic (exact) mass is 263 g/mol. The highest BCUT2D eigenvalue weighted by atomic mass is 35.5. The van der Waals surface area contributed by atoms with Crippen molar-refractivity contribution in [1.29, 1.82) is 0 Å². The van der Waals surface area contributed by atoms with E-state index in [1.807, 2.05) is 18.3 Å². The van der Waals surface area contributed by atoms with E-state index in [4.69, 9.17) is 16.6 Å². The molecule has 18 heavy (non-hydrogen) atoms. The van der Waals surface area contributed by atoms with Gasteiger partial charge in [0.2, 0.25) is 0 Å². The molecule has 96 valence electrons. The Bertz CT molecular complexity index is 541. The molecule has 3 nitrogen and oxygen atoms in total. The van der Waals surface area contributed by atoms with Crippen LogP contribution in [0.1, 0.15) is 31.4 Å². The first-order valence-corrected chi connectivity index (χ1v) is 7.00. The fraction of sp³-hybridized carbons (Fsp3) is 0.500. The maximum Gasteiger partial charge on any atom is 0.138 e. The fourth-order valence-corrected chi connectivity index (χ4v) is 2.87. The molecule has 1 saturated heterocycles. The molecule has 3 rings (SSSR count). The second-order valence-electron chi connectivity index (χ2n) is 4.98. The number of nitrogens with zero attached hydrogens (tertiary/aromatic N) is 3. The van der Waals surface area contributed by atoms with Crippen LogP contribution in [0.5, 0.6) is 0 Å². The van der Waals surface area contributed by atoms with Crippen LogP contribution in [-0.4, -0.2) is 33.9 Å². The van der Waals surface area contributed by atoms with Crippen molar-refractivity contribution in [1.82, 2.24) is 14.3 Å². The summed E-state index contributed by atoms with van der Waals surface area (Å²) in [6, 6.07) is 3.83. The van der Waals surface area contributed by atoms with Gasteiger partial charge in [0.25, 0.3) is 0 Å². The predicted octanol–water partition coefficient (Wildman–Crippen LogP) is 3.19. The Hall–Kier alpha value is -1.06. The van der Waals surface area contributed by atoms with Crippen LogP contribution in [0.3, 0.4) is 0 Å². The van der Waals surface area contributed by atoms with E-state index in [2.05, 4.69) is 22.4 Å². The molecule has 0 aromatic carbocycles. The molecule has 0 bridgehead atoms. The molecule has 0 unspecified atom stereocenters. The van der Waals surface area contributed by atoms with Crippen LogP contribution in [0.25, 0.3) is 5.65 Å². The molecular formula is C14H18ClN3. The van der Waals surface area contributed by atoms with Crippen LogP contribution in [-0.2, 0) is 0 Å². The number of imidazole rings is 1. The summed E-state index contributed by atoms with van der Waals surface area (Å²) < 4.78 is 2.06. The quantitative estimate of drug-likeness (QED) is 0.830. The molecule has 0 spiro atoms. The molecule has 0 atom stereocenters. The predicted molar refractivity (Wildman–Crippen MR) is 74.3 cm³/mol. The molecule has 0 saturated carbocycles. The van der Waals surface area contributed by atoms with Gasteiger partial charge in [-0.1, -0.05) is 18.5 Å². The number of hydrogen-bond donors (Lipinski definition) is 0. The lowest BCUT2D eigenvalue weighted by molar-refractivity contribution is 0.221. The second-order valence-corrected chi connectivity index (χ2v) is 5.42.